The lowest BCUT2D eigenvalue weighted by Gasteiger charge is -2.38. The monoisotopic (exact) mass is 748 g/mol. The number of halogens is 1. The molecule has 17 unspecified atom stereocenters. The van der Waals surface area contributed by atoms with Crippen LogP contribution in [0.2, 0.25) is 0 Å². The summed E-state index contributed by atoms with van der Waals surface area (Å²) in [7, 11) is -4.29. The Bertz CT molecular complexity index is 1410. The van der Waals surface area contributed by atoms with Crippen molar-refractivity contribution in [3.8, 4) is 0 Å². The van der Waals surface area contributed by atoms with Crippen molar-refractivity contribution in [2.45, 2.75) is 151 Å². The number of fused-ring (bicyclic) bond motifs is 20. The molecule has 5 heterocycles. The van der Waals surface area contributed by atoms with Gasteiger partial charge in [-0.1, -0.05) is 44.9 Å². The van der Waals surface area contributed by atoms with E-state index in [1.54, 1.807) is 0 Å². The molecule has 9 fully saturated rings. The first-order valence-electron chi connectivity index (χ1n) is 19.1. The van der Waals surface area contributed by atoms with E-state index in [1.807, 2.05) is 0 Å². The van der Waals surface area contributed by atoms with Gasteiger partial charge in [-0.05, 0) is 92.8 Å². The normalized spacial score (nSPS) is 51.0. The average Bonchev–Trinajstić information content (AvgIpc) is 3.79. The molecule has 280 valence electrons. The highest BCUT2D eigenvalue weighted by Crippen LogP contribution is 2.46. The minimum atomic E-state index is -4.19. The van der Waals surface area contributed by atoms with Gasteiger partial charge in [-0.15, -0.1) is 0 Å². The standard InChI is InChI=1S/C32H56N8O3S.ClHO3S/c41-44(42,43)23-15-7-14-22-24(23)32-39-30-21-13-6-5-12-20(21)28(37-30)35-26-17-9-2-1-8-16(17)25(33-26)34-27-18-10-3-4-11-19(18)29(36-27)38-31(22)40-32;1-5(2,3)4/h16-40H,1-15H2,(H,41,42,43);(H,2,3,4). The Kier molecular flexibility index (Phi) is 10.4. The fourth-order valence-electron chi connectivity index (χ4n) is 12.3. The average molecular weight is 749 g/mol. The highest BCUT2D eigenvalue weighted by atomic mass is 35.7. The summed E-state index contributed by atoms with van der Waals surface area (Å²) in [6, 6.07) is 0. The Hall–Kier alpha value is -0.210. The summed E-state index contributed by atoms with van der Waals surface area (Å²) < 4.78 is 61.3. The van der Waals surface area contributed by atoms with E-state index in [9.17, 15) is 13.0 Å². The second kappa shape index (κ2) is 14.2. The third-order valence-electron chi connectivity index (χ3n) is 14.2. The van der Waals surface area contributed by atoms with Crippen molar-refractivity contribution in [1.29, 1.82) is 0 Å². The van der Waals surface area contributed by atoms with Gasteiger partial charge in [-0.2, -0.15) is 16.8 Å². The molecule has 4 saturated carbocycles. The van der Waals surface area contributed by atoms with Gasteiger partial charge in [0.1, 0.15) is 0 Å². The largest absolute Gasteiger partial charge is 0.353 e. The van der Waals surface area contributed by atoms with Crippen molar-refractivity contribution in [2.24, 2.45) is 47.3 Å². The van der Waals surface area contributed by atoms with Gasteiger partial charge in [0.05, 0.1) is 54.6 Å². The Labute approximate surface area is 295 Å². The molecule has 0 radical (unpaired) electrons. The highest BCUT2D eigenvalue weighted by Gasteiger charge is 2.57. The van der Waals surface area contributed by atoms with E-state index >= 15 is 0 Å². The number of hydrogen-bond acceptors (Lipinski definition) is 12. The van der Waals surface area contributed by atoms with E-state index in [4.69, 9.17) is 13.0 Å². The summed E-state index contributed by atoms with van der Waals surface area (Å²) in [6.45, 7) is 0. The van der Waals surface area contributed by atoms with Gasteiger partial charge in [0.2, 0.25) is 0 Å². The van der Waals surface area contributed by atoms with Crippen molar-refractivity contribution < 1.29 is 25.9 Å². The third kappa shape index (κ3) is 7.35. The minimum Gasteiger partial charge on any atom is -0.286 e. The first kappa shape index (κ1) is 35.8. The van der Waals surface area contributed by atoms with Crippen molar-refractivity contribution in [3.05, 3.63) is 0 Å². The maximum Gasteiger partial charge on any atom is 0.353 e. The number of rotatable bonds is 1. The molecule has 14 nitrogen and oxygen atoms in total. The SMILES string of the molecule is O=S(=O)(O)C1CCCC2C3NC4NC(NC5NC(NC6NC(NC(N3)C21)C1CCCCC61)C1CCCCC51)C1CCCCC41.O=S(=O)(O)Cl. The van der Waals surface area contributed by atoms with Crippen LogP contribution in [0.1, 0.15) is 96.3 Å². The molecule has 10 N–H and O–H groups in total. The molecular weight excluding hydrogens is 692 g/mol. The molecule has 17 heteroatoms. The maximum atomic E-state index is 12.8. The third-order valence-corrected chi connectivity index (χ3v) is 15.5. The topological polar surface area (TPSA) is 205 Å². The Morgan fingerprint density at radius 2 is 0.633 bits per heavy atom. The van der Waals surface area contributed by atoms with Gasteiger partial charge in [-0.25, -0.2) is 0 Å². The molecule has 0 aromatic rings. The van der Waals surface area contributed by atoms with Crippen molar-refractivity contribution >= 4 is 30.1 Å². The Morgan fingerprint density at radius 1 is 0.388 bits per heavy atom. The quantitative estimate of drug-likeness (QED) is 0.136. The minimum absolute atomic E-state index is 0.00275. The molecule has 17 atom stereocenters. The Morgan fingerprint density at radius 3 is 0.918 bits per heavy atom. The lowest BCUT2D eigenvalue weighted by atomic mass is 9.76. The van der Waals surface area contributed by atoms with Crippen LogP contribution in [-0.4, -0.2) is 80.5 Å². The Balaban J connectivity index is 0.000000653. The van der Waals surface area contributed by atoms with Crippen LogP contribution in [0.25, 0.3) is 0 Å². The molecule has 0 spiro atoms. The summed E-state index contributed by atoms with van der Waals surface area (Å²) in [6.07, 6.45) is 18.9. The predicted octanol–water partition coefficient (Wildman–Crippen LogP) is 1.50. The van der Waals surface area contributed by atoms with E-state index in [-0.39, 0.29) is 48.8 Å². The summed E-state index contributed by atoms with van der Waals surface area (Å²) in [5, 5.41) is 31.8. The number of hydrogen-bond donors (Lipinski definition) is 10. The molecule has 0 aromatic heterocycles. The summed E-state index contributed by atoms with van der Waals surface area (Å²) >= 11 is 0. The van der Waals surface area contributed by atoms with E-state index in [0.717, 1.165) is 12.8 Å². The maximum absolute atomic E-state index is 12.8. The zero-order valence-corrected chi connectivity index (χ0v) is 30.5. The van der Waals surface area contributed by atoms with Crippen LogP contribution in [0.15, 0.2) is 0 Å². The molecular formula is C32H57ClN8O6S2. The van der Waals surface area contributed by atoms with Gasteiger partial charge in [-0.3, -0.25) is 51.6 Å². The van der Waals surface area contributed by atoms with Gasteiger partial charge >= 0.3 is 9.33 Å². The smallest absolute Gasteiger partial charge is 0.286 e. The highest BCUT2D eigenvalue weighted by molar-refractivity contribution is 8.09. The zero-order valence-electron chi connectivity index (χ0n) is 28.1. The van der Waals surface area contributed by atoms with E-state index in [0.29, 0.717) is 54.3 Å². The summed E-state index contributed by atoms with van der Waals surface area (Å²) in [5.41, 5.74) is 0. The molecule has 49 heavy (non-hydrogen) atoms. The first-order valence-corrected chi connectivity index (χ1v) is 22.9. The van der Waals surface area contributed by atoms with Crippen LogP contribution in [-0.2, 0) is 19.4 Å². The van der Waals surface area contributed by atoms with E-state index < -0.39 is 24.7 Å². The second-order valence-electron chi connectivity index (χ2n) is 16.6. The van der Waals surface area contributed by atoms with Crippen LogP contribution in [0.3, 0.4) is 0 Å². The van der Waals surface area contributed by atoms with Crippen LogP contribution in [0.5, 0.6) is 0 Å². The first-order chi connectivity index (χ1) is 23.4. The van der Waals surface area contributed by atoms with Crippen molar-refractivity contribution in [3.63, 3.8) is 0 Å². The second-order valence-corrected chi connectivity index (χ2v) is 20.3. The molecule has 0 amide bonds. The lowest BCUT2D eigenvalue weighted by molar-refractivity contribution is 0.167. The van der Waals surface area contributed by atoms with Crippen molar-refractivity contribution in [2.75, 3.05) is 0 Å². The zero-order chi connectivity index (χ0) is 34.1. The summed E-state index contributed by atoms with van der Waals surface area (Å²) in [5.74, 6) is 3.50. The fourth-order valence-corrected chi connectivity index (χ4v) is 13.6. The molecule has 5 saturated heterocycles. The van der Waals surface area contributed by atoms with Crippen LogP contribution in [0, 0.1) is 47.3 Å². The van der Waals surface area contributed by atoms with Gasteiger partial charge in [0, 0.05) is 16.6 Å². The van der Waals surface area contributed by atoms with E-state index in [1.165, 1.54) is 77.0 Å². The lowest BCUT2D eigenvalue weighted by Crippen LogP contribution is -2.62. The fraction of sp³-hybridized carbons (Fsp3) is 1.00. The molecule has 8 bridgehead atoms. The van der Waals surface area contributed by atoms with Gasteiger partial charge < -0.3 is 0 Å². The molecule has 5 aliphatic heterocycles. The molecule has 9 rings (SSSR count). The molecule has 0 aromatic carbocycles. The van der Waals surface area contributed by atoms with Gasteiger partial charge in [0.15, 0.2) is 0 Å². The molecule has 4 aliphatic carbocycles. The van der Waals surface area contributed by atoms with E-state index in [2.05, 4.69) is 53.2 Å². The van der Waals surface area contributed by atoms with Gasteiger partial charge in [0.25, 0.3) is 10.1 Å². The van der Waals surface area contributed by atoms with Crippen LogP contribution in [0.4, 0.5) is 0 Å². The van der Waals surface area contributed by atoms with Crippen molar-refractivity contribution in [1.82, 2.24) is 42.5 Å². The molecule has 9 aliphatic rings. The van der Waals surface area contributed by atoms with Crippen LogP contribution >= 0.6 is 10.7 Å². The number of nitrogens with one attached hydrogen (secondary N) is 8. The van der Waals surface area contributed by atoms with Crippen LogP contribution < -0.4 is 42.5 Å². The predicted molar refractivity (Wildman–Crippen MR) is 185 cm³/mol. The summed E-state index contributed by atoms with van der Waals surface area (Å²) in [4.78, 5) is 0.